The molecule has 0 aliphatic carbocycles. The van der Waals surface area contributed by atoms with Crippen LogP contribution < -0.4 is 0 Å². The van der Waals surface area contributed by atoms with Gasteiger partial charge in [0.05, 0.1) is 12.5 Å². The van der Waals surface area contributed by atoms with Gasteiger partial charge in [-0.2, -0.15) is 0 Å². The van der Waals surface area contributed by atoms with Crippen LogP contribution in [0.4, 0.5) is 0 Å². The lowest BCUT2D eigenvalue weighted by atomic mass is 9.96. The molecular formula is C9H18O3. The van der Waals surface area contributed by atoms with E-state index >= 15 is 0 Å². The zero-order chi connectivity index (χ0) is 9.56. The van der Waals surface area contributed by atoms with Crippen LogP contribution in [0.25, 0.3) is 0 Å². The first-order valence-corrected chi connectivity index (χ1v) is 4.47. The zero-order valence-corrected chi connectivity index (χ0v) is 7.79. The van der Waals surface area contributed by atoms with Crippen LogP contribution in [-0.2, 0) is 4.79 Å². The zero-order valence-electron chi connectivity index (χ0n) is 7.79. The number of carbonyl (C=O) groups is 1. The summed E-state index contributed by atoms with van der Waals surface area (Å²) in [5.41, 5.74) is 0. The van der Waals surface area contributed by atoms with Crippen LogP contribution in [0.1, 0.15) is 39.5 Å². The quantitative estimate of drug-likeness (QED) is 0.643. The van der Waals surface area contributed by atoms with Crippen LogP contribution in [0, 0.1) is 5.92 Å². The minimum absolute atomic E-state index is 0.0982. The Balaban J connectivity index is 3.60. The lowest BCUT2D eigenvalue weighted by molar-refractivity contribution is -0.139. The predicted octanol–water partition coefficient (Wildman–Crippen LogP) is 1.65. The van der Waals surface area contributed by atoms with Crippen LogP contribution >= 0.6 is 0 Å². The summed E-state index contributed by atoms with van der Waals surface area (Å²) in [7, 11) is 0. The molecule has 0 rings (SSSR count). The molecule has 3 heteroatoms. The minimum atomic E-state index is -0.925. The molecule has 3 nitrogen and oxygen atoms in total. The third-order valence-corrected chi connectivity index (χ3v) is 2.05. The Kier molecular flexibility index (Phi) is 5.72. The van der Waals surface area contributed by atoms with E-state index in [0.717, 1.165) is 19.3 Å². The number of aliphatic carboxylic acids is 1. The van der Waals surface area contributed by atoms with Crippen LogP contribution in [0.3, 0.4) is 0 Å². The molecule has 0 radical (unpaired) electrons. The van der Waals surface area contributed by atoms with Crippen LogP contribution in [0.5, 0.6) is 0 Å². The highest BCUT2D eigenvalue weighted by Crippen LogP contribution is 2.14. The Labute approximate surface area is 73.4 Å². The fourth-order valence-electron chi connectivity index (χ4n) is 1.10. The number of unbranched alkanes of at least 4 members (excludes halogenated alkanes) is 1. The van der Waals surface area contributed by atoms with Crippen molar-refractivity contribution in [1.29, 1.82) is 0 Å². The monoisotopic (exact) mass is 174 g/mol. The molecule has 0 aromatic carbocycles. The van der Waals surface area contributed by atoms with E-state index in [0.29, 0.717) is 0 Å². The number of rotatable bonds is 6. The lowest BCUT2D eigenvalue weighted by Crippen LogP contribution is -2.21. The Morgan fingerprint density at radius 3 is 2.50 bits per heavy atom. The molecule has 0 bridgehead atoms. The van der Waals surface area contributed by atoms with E-state index in [2.05, 4.69) is 6.92 Å². The average molecular weight is 174 g/mol. The van der Waals surface area contributed by atoms with Gasteiger partial charge in [-0.3, -0.25) is 4.79 Å². The summed E-state index contributed by atoms with van der Waals surface area (Å²) in [6, 6.07) is 0. The Hall–Kier alpha value is -0.570. The SMILES string of the molecule is CCCC[C@@H](C)[C@@H](O)CC(=O)O. The van der Waals surface area contributed by atoms with Gasteiger partial charge >= 0.3 is 5.97 Å². The van der Waals surface area contributed by atoms with Gasteiger partial charge in [0.1, 0.15) is 0 Å². The summed E-state index contributed by atoms with van der Waals surface area (Å²) in [5, 5.41) is 17.7. The molecule has 0 spiro atoms. The lowest BCUT2D eigenvalue weighted by Gasteiger charge is -2.16. The molecule has 0 aliphatic heterocycles. The summed E-state index contributed by atoms with van der Waals surface area (Å²) in [4.78, 5) is 10.2. The third-order valence-electron chi connectivity index (χ3n) is 2.05. The predicted molar refractivity (Wildman–Crippen MR) is 46.9 cm³/mol. The molecule has 0 amide bonds. The van der Waals surface area contributed by atoms with Gasteiger partial charge in [-0.15, -0.1) is 0 Å². The summed E-state index contributed by atoms with van der Waals surface area (Å²) in [6.07, 6.45) is 2.23. The summed E-state index contributed by atoms with van der Waals surface area (Å²) < 4.78 is 0. The molecule has 2 N–H and O–H groups in total. The largest absolute Gasteiger partial charge is 0.481 e. The molecule has 0 fully saturated rings. The van der Waals surface area contributed by atoms with E-state index in [-0.39, 0.29) is 12.3 Å². The number of aliphatic hydroxyl groups excluding tert-OH is 1. The highest BCUT2D eigenvalue weighted by molar-refractivity contribution is 5.67. The fraction of sp³-hybridized carbons (Fsp3) is 0.889. The van der Waals surface area contributed by atoms with Crippen molar-refractivity contribution < 1.29 is 15.0 Å². The van der Waals surface area contributed by atoms with E-state index in [1.54, 1.807) is 0 Å². The number of hydrogen-bond acceptors (Lipinski definition) is 2. The Bertz CT molecular complexity index is 134. The molecule has 0 saturated heterocycles. The maximum absolute atomic E-state index is 10.2. The van der Waals surface area contributed by atoms with E-state index in [9.17, 15) is 9.90 Å². The van der Waals surface area contributed by atoms with Gasteiger partial charge in [0, 0.05) is 0 Å². The standard InChI is InChI=1S/C9H18O3/c1-3-4-5-7(2)8(10)6-9(11)12/h7-8,10H,3-6H2,1-2H3,(H,11,12)/t7-,8+/m1/s1. The number of carboxylic acids is 1. The Morgan fingerprint density at radius 1 is 1.50 bits per heavy atom. The Morgan fingerprint density at radius 2 is 2.08 bits per heavy atom. The molecule has 0 heterocycles. The van der Waals surface area contributed by atoms with Crippen molar-refractivity contribution in [1.82, 2.24) is 0 Å². The van der Waals surface area contributed by atoms with E-state index in [4.69, 9.17) is 5.11 Å². The molecule has 0 aliphatic rings. The first-order valence-electron chi connectivity index (χ1n) is 4.47. The third kappa shape index (κ3) is 5.13. The number of hydrogen-bond donors (Lipinski definition) is 2. The smallest absolute Gasteiger partial charge is 0.305 e. The van der Waals surface area contributed by atoms with Crippen molar-refractivity contribution in [2.45, 2.75) is 45.6 Å². The molecule has 0 aromatic rings. The summed E-state index contributed by atoms with van der Waals surface area (Å²) in [5.74, 6) is -0.827. The van der Waals surface area contributed by atoms with Gasteiger partial charge in [0.15, 0.2) is 0 Å². The first kappa shape index (κ1) is 11.4. The van der Waals surface area contributed by atoms with E-state index < -0.39 is 12.1 Å². The van der Waals surface area contributed by atoms with Crippen molar-refractivity contribution in [3.8, 4) is 0 Å². The van der Waals surface area contributed by atoms with Crippen molar-refractivity contribution in [2.75, 3.05) is 0 Å². The van der Waals surface area contributed by atoms with E-state index in [1.165, 1.54) is 0 Å². The van der Waals surface area contributed by atoms with Crippen molar-refractivity contribution in [3.05, 3.63) is 0 Å². The maximum atomic E-state index is 10.2. The average Bonchev–Trinajstić information content (AvgIpc) is 1.98. The molecule has 12 heavy (non-hydrogen) atoms. The second-order valence-corrected chi connectivity index (χ2v) is 3.28. The molecule has 0 unspecified atom stereocenters. The fourth-order valence-corrected chi connectivity index (χ4v) is 1.10. The highest BCUT2D eigenvalue weighted by Gasteiger charge is 2.16. The van der Waals surface area contributed by atoms with Gasteiger partial charge < -0.3 is 10.2 Å². The normalized spacial score (nSPS) is 15.6. The summed E-state index contributed by atoms with van der Waals surface area (Å²) >= 11 is 0. The minimum Gasteiger partial charge on any atom is -0.481 e. The van der Waals surface area contributed by atoms with Crippen LogP contribution in [0.2, 0.25) is 0 Å². The van der Waals surface area contributed by atoms with Crippen LogP contribution in [-0.4, -0.2) is 22.3 Å². The number of aliphatic hydroxyl groups is 1. The molecular weight excluding hydrogens is 156 g/mol. The second kappa shape index (κ2) is 6.00. The second-order valence-electron chi connectivity index (χ2n) is 3.28. The van der Waals surface area contributed by atoms with Crippen molar-refractivity contribution in [2.24, 2.45) is 5.92 Å². The molecule has 2 atom stereocenters. The van der Waals surface area contributed by atoms with E-state index in [1.807, 2.05) is 6.92 Å². The van der Waals surface area contributed by atoms with Crippen molar-refractivity contribution >= 4 is 5.97 Å². The number of carboxylic acid groups (broad SMARTS) is 1. The molecule has 72 valence electrons. The van der Waals surface area contributed by atoms with Gasteiger partial charge in [-0.25, -0.2) is 0 Å². The van der Waals surface area contributed by atoms with Gasteiger partial charge in [0.2, 0.25) is 0 Å². The maximum Gasteiger partial charge on any atom is 0.305 e. The van der Waals surface area contributed by atoms with Crippen molar-refractivity contribution in [3.63, 3.8) is 0 Å². The molecule has 0 aromatic heterocycles. The van der Waals surface area contributed by atoms with Gasteiger partial charge in [-0.1, -0.05) is 26.7 Å². The molecule has 0 saturated carbocycles. The van der Waals surface area contributed by atoms with Gasteiger partial charge in [-0.05, 0) is 12.3 Å². The first-order chi connectivity index (χ1) is 5.57. The summed E-state index contributed by atoms with van der Waals surface area (Å²) in [6.45, 7) is 3.97. The van der Waals surface area contributed by atoms with Gasteiger partial charge in [0.25, 0.3) is 0 Å². The highest BCUT2D eigenvalue weighted by atomic mass is 16.4. The topological polar surface area (TPSA) is 57.5 Å². The van der Waals surface area contributed by atoms with Crippen LogP contribution in [0.15, 0.2) is 0 Å².